The Morgan fingerprint density at radius 1 is 1.17 bits per heavy atom. The molecule has 0 aliphatic heterocycles. The van der Waals surface area contributed by atoms with E-state index in [1.165, 1.54) is 16.5 Å². The minimum absolute atomic E-state index is 0.0461. The van der Waals surface area contributed by atoms with Crippen LogP contribution < -0.4 is 10.9 Å². The minimum Gasteiger partial charge on any atom is -0.355 e. The van der Waals surface area contributed by atoms with Crippen LogP contribution in [-0.4, -0.2) is 22.0 Å². The molecule has 1 aromatic carbocycles. The number of carbonyl (C=O) groups excluding carboxylic acids is 1. The fourth-order valence-corrected chi connectivity index (χ4v) is 3.12. The molecule has 5 heteroatoms. The van der Waals surface area contributed by atoms with Crippen molar-refractivity contribution in [3.63, 3.8) is 0 Å². The molecule has 1 aliphatic rings. The number of nitrogens with zero attached hydrogens (tertiary/aromatic N) is 2. The van der Waals surface area contributed by atoms with E-state index in [2.05, 4.69) is 22.4 Å². The molecule has 1 amide bonds. The van der Waals surface area contributed by atoms with E-state index in [0.717, 1.165) is 49.8 Å². The average molecular weight is 325 g/mol. The Kier molecular flexibility index (Phi) is 5.41. The van der Waals surface area contributed by atoms with E-state index in [1.54, 1.807) is 0 Å². The van der Waals surface area contributed by atoms with E-state index in [9.17, 15) is 9.59 Å². The minimum atomic E-state index is -0.136. The molecular weight excluding hydrogens is 302 g/mol. The van der Waals surface area contributed by atoms with E-state index in [4.69, 9.17) is 0 Å². The molecule has 0 spiro atoms. The molecular formula is C19H23N3O2. The fraction of sp³-hybridized carbons (Fsp3) is 0.421. The smallest absolute Gasteiger partial charge is 0.257 e. The van der Waals surface area contributed by atoms with Crippen molar-refractivity contribution in [2.24, 2.45) is 0 Å². The van der Waals surface area contributed by atoms with Crippen molar-refractivity contribution in [1.29, 1.82) is 0 Å². The Bertz CT molecular complexity index is 753. The lowest BCUT2D eigenvalue weighted by atomic mass is 9.97. The van der Waals surface area contributed by atoms with Gasteiger partial charge in [-0.1, -0.05) is 30.3 Å². The summed E-state index contributed by atoms with van der Waals surface area (Å²) in [5, 5.41) is 2.88. The molecule has 0 saturated carbocycles. The molecule has 1 N–H and O–H groups in total. The highest BCUT2D eigenvalue weighted by Crippen LogP contribution is 2.15. The van der Waals surface area contributed by atoms with Gasteiger partial charge in [0.15, 0.2) is 0 Å². The molecule has 5 nitrogen and oxygen atoms in total. The molecule has 0 saturated heterocycles. The summed E-state index contributed by atoms with van der Waals surface area (Å²) in [6, 6.07) is 10.2. The van der Waals surface area contributed by atoms with Gasteiger partial charge in [0.05, 0.1) is 12.0 Å². The van der Waals surface area contributed by atoms with Crippen LogP contribution in [0, 0.1) is 0 Å². The maximum Gasteiger partial charge on any atom is 0.257 e. The first-order valence-electron chi connectivity index (χ1n) is 8.62. The highest BCUT2D eigenvalue weighted by molar-refractivity contribution is 5.75. The Balaban J connectivity index is 1.49. The molecule has 1 aliphatic carbocycles. The molecule has 2 aromatic rings. The van der Waals surface area contributed by atoms with Gasteiger partial charge in [0.1, 0.15) is 6.54 Å². The molecule has 24 heavy (non-hydrogen) atoms. The van der Waals surface area contributed by atoms with Gasteiger partial charge in [-0.3, -0.25) is 14.2 Å². The summed E-state index contributed by atoms with van der Waals surface area (Å²) in [5.74, 6) is -0.136. The highest BCUT2D eigenvalue weighted by Gasteiger charge is 2.16. The third-order valence-electron chi connectivity index (χ3n) is 4.43. The number of carbonyl (C=O) groups is 1. The molecule has 0 fully saturated rings. The fourth-order valence-electron chi connectivity index (χ4n) is 3.12. The van der Waals surface area contributed by atoms with Crippen molar-refractivity contribution in [3.05, 3.63) is 63.8 Å². The number of amides is 1. The van der Waals surface area contributed by atoms with E-state index in [0.29, 0.717) is 6.54 Å². The summed E-state index contributed by atoms with van der Waals surface area (Å²) in [6.45, 7) is 0.658. The van der Waals surface area contributed by atoms with E-state index < -0.39 is 0 Å². The number of rotatable bonds is 6. The molecule has 0 unspecified atom stereocenters. The van der Waals surface area contributed by atoms with Gasteiger partial charge in [-0.25, -0.2) is 4.98 Å². The average Bonchev–Trinajstić information content (AvgIpc) is 2.62. The van der Waals surface area contributed by atoms with E-state index in [-0.39, 0.29) is 18.0 Å². The number of benzene rings is 1. The van der Waals surface area contributed by atoms with Gasteiger partial charge < -0.3 is 5.32 Å². The summed E-state index contributed by atoms with van der Waals surface area (Å²) < 4.78 is 1.43. The molecule has 0 radical (unpaired) electrons. The highest BCUT2D eigenvalue weighted by atomic mass is 16.2. The second-order valence-electron chi connectivity index (χ2n) is 6.25. The van der Waals surface area contributed by atoms with Crippen molar-refractivity contribution in [1.82, 2.24) is 14.9 Å². The van der Waals surface area contributed by atoms with Crippen LogP contribution in [0.25, 0.3) is 0 Å². The van der Waals surface area contributed by atoms with Crippen molar-refractivity contribution >= 4 is 5.91 Å². The van der Waals surface area contributed by atoms with Crippen LogP contribution in [0.5, 0.6) is 0 Å². The Hall–Kier alpha value is -2.43. The number of aromatic nitrogens is 2. The maximum absolute atomic E-state index is 12.4. The first-order chi connectivity index (χ1) is 11.7. The summed E-state index contributed by atoms with van der Waals surface area (Å²) in [4.78, 5) is 28.8. The first-order valence-corrected chi connectivity index (χ1v) is 8.62. The normalized spacial score (nSPS) is 13.3. The molecule has 126 valence electrons. The van der Waals surface area contributed by atoms with Crippen molar-refractivity contribution in [3.8, 4) is 0 Å². The maximum atomic E-state index is 12.4. The first kappa shape index (κ1) is 16.4. The van der Waals surface area contributed by atoms with Crippen molar-refractivity contribution in [2.75, 3.05) is 6.54 Å². The van der Waals surface area contributed by atoms with Crippen molar-refractivity contribution < 1.29 is 4.79 Å². The Morgan fingerprint density at radius 2 is 1.96 bits per heavy atom. The largest absolute Gasteiger partial charge is 0.355 e. The summed E-state index contributed by atoms with van der Waals surface area (Å²) >= 11 is 0. The number of hydrogen-bond acceptors (Lipinski definition) is 3. The summed E-state index contributed by atoms with van der Waals surface area (Å²) in [6.07, 6.45) is 7.09. The second-order valence-corrected chi connectivity index (χ2v) is 6.25. The lowest BCUT2D eigenvalue weighted by molar-refractivity contribution is -0.121. The molecule has 0 atom stereocenters. The SMILES string of the molecule is O=C(Cn1cnc2c(c1=O)CCCC2)NCCCc1ccccc1. The number of hydrogen-bond donors (Lipinski definition) is 1. The van der Waals surface area contributed by atoms with Gasteiger partial charge >= 0.3 is 0 Å². The summed E-state index contributed by atoms with van der Waals surface area (Å²) in [5.41, 5.74) is 2.91. The van der Waals surface area contributed by atoms with Crippen LogP contribution >= 0.6 is 0 Å². The predicted octanol–water partition coefficient (Wildman–Crippen LogP) is 1.87. The third kappa shape index (κ3) is 4.10. The zero-order valence-corrected chi connectivity index (χ0v) is 13.8. The molecule has 1 heterocycles. The van der Waals surface area contributed by atoms with Crippen LogP contribution in [0.3, 0.4) is 0 Å². The van der Waals surface area contributed by atoms with Crippen LogP contribution in [0.2, 0.25) is 0 Å². The van der Waals surface area contributed by atoms with Crippen molar-refractivity contribution in [2.45, 2.75) is 45.1 Å². The number of nitrogens with one attached hydrogen (secondary N) is 1. The molecule has 0 bridgehead atoms. The van der Waals surface area contributed by atoms with Gasteiger partial charge in [-0.05, 0) is 44.1 Å². The van der Waals surface area contributed by atoms with E-state index in [1.807, 2.05) is 18.2 Å². The van der Waals surface area contributed by atoms with Gasteiger partial charge in [-0.15, -0.1) is 0 Å². The number of aryl methyl sites for hydroxylation is 2. The van der Waals surface area contributed by atoms with Crippen LogP contribution in [0.15, 0.2) is 41.5 Å². The quantitative estimate of drug-likeness (QED) is 0.825. The molecule has 1 aromatic heterocycles. The second kappa shape index (κ2) is 7.90. The van der Waals surface area contributed by atoms with E-state index >= 15 is 0 Å². The topological polar surface area (TPSA) is 64.0 Å². The molecule has 3 rings (SSSR count). The third-order valence-corrected chi connectivity index (χ3v) is 4.43. The van der Waals surface area contributed by atoms with Crippen LogP contribution in [0.1, 0.15) is 36.1 Å². The van der Waals surface area contributed by atoms with Gasteiger partial charge in [0, 0.05) is 12.1 Å². The van der Waals surface area contributed by atoms with Gasteiger partial charge in [0.2, 0.25) is 5.91 Å². The van der Waals surface area contributed by atoms with Gasteiger partial charge in [-0.2, -0.15) is 0 Å². The summed E-state index contributed by atoms with van der Waals surface area (Å²) in [7, 11) is 0. The van der Waals surface area contributed by atoms with Gasteiger partial charge in [0.25, 0.3) is 5.56 Å². The number of fused-ring (bicyclic) bond motifs is 1. The lowest BCUT2D eigenvalue weighted by Gasteiger charge is -2.15. The Labute approximate surface area is 141 Å². The van der Waals surface area contributed by atoms with Crippen LogP contribution in [-0.2, 0) is 30.6 Å². The Morgan fingerprint density at radius 3 is 2.79 bits per heavy atom. The predicted molar refractivity (Wildman–Crippen MR) is 92.9 cm³/mol. The zero-order valence-electron chi connectivity index (χ0n) is 13.8. The zero-order chi connectivity index (χ0) is 16.8. The standard InChI is InChI=1S/C19H23N3O2/c23-18(20-12-6-9-15-7-2-1-3-8-15)13-22-14-21-17-11-5-4-10-16(17)19(22)24/h1-3,7-8,14H,4-6,9-13H2,(H,20,23). The monoisotopic (exact) mass is 325 g/mol. The lowest BCUT2D eigenvalue weighted by Crippen LogP contribution is -2.35. The van der Waals surface area contributed by atoms with Crippen LogP contribution in [0.4, 0.5) is 0 Å².